The van der Waals surface area contributed by atoms with Gasteiger partial charge in [-0.2, -0.15) is 0 Å². The van der Waals surface area contributed by atoms with Gasteiger partial charge in [0.15, 0.2) is 0 Å². The van der Waals surface area contributed by atoms with Crippen molar-refractivity contribution in [1.29, 1.82) is 0 Å². The SMILES string of the molecule is O=C(O)CC1CCN(Cc2ccc(F)cc2F)CC1. The standard InChI is InChI=1S/C14H17F2NO2/c15-12-2-1-11(13(16)8-12)9-17-5-3-10(4-6-17)7-14(18)19/h1-2,8,10H,3-7,9H2,(H,18,19). The van der Waals surface area contributed by atoms with E-state index in [9.17, 15) is 13.6 Å². The third kappa shape index (κ3) is 3.99. The molecule has 5 heteroatoms. The molecule has 0 radical (unpaired) electrons. The largest absolute Gasteiger partial charge is 0.481 e. The van der Waals surface area contributed by atoms with Crippen molar-refractivity contribution in [3.63, 3.8) is 0 Å². The number of likely N-dealkylation sites (tertiary alicyclic amines) is 1. The molecule has 1 heterocycles. The highest BCUT2D eigenvalue weighted by Crippen LogP contribution is 2.22. The lowest BCUT2D eigenvalue weighted by molar-refractivity contribution is -0.138. The van der Waals surface area contributed by atoms with Crippen LogP contribution >= 0.6 is 0 Å². The van der Waals surface area contributed by atoms with Crippen molar-refractivity contribution in [2.45, 2.75) is 25.8 Å². The molecule has 1 aliphatic rings. The summed E-state index contributed by atoms with van der Waals surface area (Å²) in [5, 5.41) is 8.73. The minimum Gasteiger partial charge on any atom is -0.481 e. The molecule has 1 fully saturated rings. The lowest BCUT2D eigenvalue weighted by atomic mass is 9.93. The van der Waals surface area contributed by atoms with Crippen molar-refractivity contribution < 1.29 is 18.7 Å². The zero-order valence-corrected chi connectivity index (χ0v) is 10.6. The molecule has 0 spiro atoms. The van der Waals surface area contributed by atoms with Gasteiger partial charge in [0.1, 0.15) is 11.6 Å². The number of piperidine rings is 1. The Morgan fingerprint density at radius 1 is 1.32 bits per heavy atom. The number of rotatable bonds is 4. The summed E-state index contributed by atoms with van der Waals surface area (Å²) in [5.74, 6) is -1.64. The molecule has 0 unspecified atom stereocenters. The Labute approximate surface area is 110 Å². The van der Waals surface area contributed by atoms with Crippen LogP contribution in [0.15, 0.2) is 18.2 Å². The van der Waals surface area contributed by atoms with Crippen molar-refractivity contribution in [2.24, 2.45) is 5.92 Å². The van der Waals surface area contributed by atoms with E-state index in [0.29, 0.717) is 12.1 Å². The highest BCUT2D eigenvalue weighted by molar-refractivity contribution is 5.67. The van der Waals surface area contributed by atoms with Crippen molar-refractivity contribution in [3.05, 3.63) is 35.4 Å². The molecule has 104 valence electrons. The molecule has 1 saturated heterocycles. The molecule has 0 aliphatic carbocycles. The van der Waals surface area contributed by atoms with Crippen LogP contribution in [0.4, 0.5) is 8.78 Å². The lowest BCUT2D eigenvalue weighted by Gasteiger charge is -2.31. The summed E-state index contributed by atoms with van der Waals surface area (Å²) in [6, 6.07) is 3.62. The molecule has 2 rings (SSSR count). The summed E-state index contributed by atoms with van der Waals surface area (Å²) < 4.78 is 26.3. The van der Waals surface area contributed by atoms with E-state index < -0.39 is 17.6 Å². The minimum atomic E-state index is -0.761. The first kappa shape index (κ1) is 13.9. The number of hydrogen-bond donors (Lipinski definition) is 1. The van der Waals surface area contributed by atoms with Crippen molar-refractivity contribution in [1.82, 2.24) is 4.90 Å². The van der Waals surface area contributed by atoms with Gasteiger partial charge >= 0.3 is 5.97 Å². The van der Waals surface area contributed by atoms with Crippen LogP contribution in [-0.4, -0.2) is 29.1 Å². The molecular weight excluding hydrogens is 252 g/mol. The van der Waals surface area contributed by atoms with Crippen LogP contribution in [0.3, 0.4) is 0 Å². The van der Waals surface area contributed by atoms with Crippen LogP contribution in [0.2, 0.25) is 0 Å². The van der Waals surface area contributed by atoms with E-state index in [-0.39, 0.29) is 12.3 Å². The molecular formula is C14H17F2NO2. The van der Waals surface area contributed by atoms with Gasteiger partial charge in [0.2, 0.25) is 0 Å². The Morgan fingerprint density at radius 3 is 2.58 bits per heavy atom. The summed E-state index contributed by atoms with van der Waals surface area (Å²) in [6.45, 7) is 1.97. The molecule has 0 aromatic heterocycles. The maximum atomic E-state index is 13.5. The van der Waals surface area contributed by atoms with E-state index in [0.717, 1.165) is 32.0 Å². The Balaban J connectivity index is 1.87. The normalized spacial score (nSPS) is 17.6. The molecule has 1 aromatic rings. The zero-order valence-electron chi connectivity index (χ0n) is 10.6. The number of carboxylic acid groups (broad SMARTS) is 1. The van der Waals surface area contributed by atoms with Gasteiger partial charge in [-0.25, -0.2) is 8.78 Å². The van der Waals surface area contributed by atoms with Gasteiger partial charge in [-0.3, -0.25) is 9.69 Å². The highest BCUT2D eigenvalue weighted by atomic mass is 19.1. The van der Waals surface area contributed by atoms with E-state index in [1.165, 1.54) is 12.1 Å². The molecule has 0 atom stereocenters. The van der Waals surface area contributed by atoms with Crippen LogP contribution < -0.4 is 0 Å². The predicted octanol–water partition coefficient (Wildman–Crippen LogP) is 2.65. The Morgan fingerprint density at radius 2 is 2.00 bits per heavy atom. The van der Waals surface area contributed by atoms with Crippen LogP contribution in [0.5, 0.6) is 0 Å². The first-order valence-electron chi connectivity index (χ1n) is 6.42. The summed E-state index contributed by atoms with van der Waals surface area (Å²) >= 11 is 0. The molecule has 0 saturated carbocycles. The Bertz CT molecular complexity index is 457. The van der Waals surface area contributed by atoms with Crippen molar-refractivity contribution >= 4 is 5.97 Å². The molecule has 1 aliphatic heterocycles. The van der Waals surface area contributed by atoms with Crippen LogP contribution in [0, 0.1) is 17.6 Å². The van der Waals surface area contributed by atoms with Gasteiger partial charge in [0.25, 0.3) is 0 Å². The highest BCUT2D eigenvalue weighted by Gasteiger charge is 2.21. The van der Waals surface area contributed by atoms with Crippen LogP contribution in [0.25, 0.3) is 0 Å². The monoisotopic (exact) mass is 269 g/mol. The second-order valence-corrected chi connectivity index (χ2v) is 5.05. The number of nitrogens with zero attached hydrogens (tertiary/aromatic N) is 1. The summed E-state index contributed by atoms with van der Waals surface area (Å²) in [6.07, 6.45) is 1.84. The summed E-state index contributed by atoms with van der Waals surface area (Å²) in [4.78, 5) is 12.7. The third-order valence-electron chi connectivity index (χ3n) is 3.58. The quantitative estimate of drug-likeness (QED) is 0.913. The number of hydrogen-bond acceptors (Lipinski definition) is 2. The molecule has 19 heavy (non-hydrogen) atoms. The fraction of sp³-hybridized carbons (Fsp3) is 0.500. The van der Waals surface area contributed by atoms with Crippen molar-refractivity contribution in [3.8, 4) is 0 Å². The molecule has 1 N–H and O–H groups in total. The van der Waals surface area contributed by atoms with E-state index in [4.69, 9.17) is 5.11 Å². The van der Waals surface area contributed by atoms with E-state index >= 15 is 0 Å². The van der Waals surface area contributed by atoms with Crippen LogP contribution in [0.1, 0.15) is 24.8 Å². The Hall–Kier alpha value is -1.49. The van der Waals surface area contributed by atoms with Crippen LogP contribution in [-0.2, 0) is 11.3 Å². The number of carboxylic acids is 1. The number of aliphatic carboxylic acids is 1. The minimum absolute atomic E-state index is 0.207. The number of carbonyl (C=O) groups is 1. The van der Waals surface area contributed by atoms with Gasteiger partial charge in [0, 0.05) is 24.6 Å². The first-order chi connectivity index (χ1) is 9.04. The average Bonchev–Trinajstić information content (AvgIpc) is 2.34. The average molecular weight is 269 g/mol. The molecule has 3 nitrogen and oxygen atoms in total. The van der Waals surface area contributed by atoms with E-state index in [2.05, 4.69) is 4.90 Å². The van der Waals surface area contributed by atoms with Gasteiger partial charge in [0.05, 0.1) is 0 Å². The van der Waals surface area contributed by atoms with E-state index in [1.54, 1.807) is 0 Å². The fourth-order valence-corrected chi connectivity index (χ4v) is 2.49. The second kappa shape index (κ2) is 6.10. The van der Waals surface area contributed by atoms with Gasteiger partial charge < -0.3 is 5.11 Å². The maximum absolute atomic E-state index is 13.5. The second-order valence-electron chi connectivity index (χ2n) is 5.05. The first-order valence-corrected chi connectivity index (χ1v) is 6.42. The molecule has 0 amide bonds. The van der Waals surface area contributed by atoms with E-state index in [1.807, 2.05) is 0 Å². The Kier molecular flexibility index (Phi) is 4.47. The zero-order chi connectivity index (χ0) is 13.8. The topological polar surface area (TPSA) is 40.5 Å². The molecule has 0 bridgehead atoms. The number of benzene rings is 1. The maximum Gasteiger partial charge on any atom is 0.303 e. The summed E-state index contributed by atoms with van der Waals surface area (Å²) in [5.41, 5.74) is 0.484. The van der Waals surface area contributed by atoms with Crippen molar-refractivity contribution in [2.75, 3.05) is 13.1 Å². The number of halogens is 2. The predicted molar refractivity (Wildman–Crippen MR) is 66.6 cm³/mol. The van der Waals surface area contributed by atoms with Gasteiger partial charge in [-0.05, 0) is 37.9 Å². The fourth-order valence-electron chi connectivity index (χ4n) is 2.49. The van der Waals surface area contributed by atoms with Gasteiger partial charge in [-0.1, -0.05) is 6.07 Å². The molecule has 1 aromatic carbocycles. The lowest BCUT2D eigenvalue weighted by Crippen LogP contribution is -2.34. The van der Waals surface area contributed by atoms with Gasteiger partial charge in [-0.15, -0.1) is 0 Å². The summed E-state index contributed by atoms with van der Waals surface area (Å²) in [7, 11) is 0. The third-order valence-corrected chi connectivity index (χ3v) is 3.58. The smallest absolute Gasteiger partial charge is 0.303 e.